The van der Waals surface area contributed by atoms with Crippen LogP contribution in [-0.4, -0.2) is 40.9 Å². The van der Waals surface area contributed by atoms with Crippen molar-refractivity contribution in [3.8, 4) is 11.3 Å². The van der Waals surface area contributed by atoms with Crippen LogP contribution in [0.2, 0.25) is 5.02 Å². The van der Waals surface area contributed by atoms with Gasteiger partial charge in [0.15, 0.2) is 5.17 Å². The van der Waals surface area contributed by atoms with Gasteiger partial charge in [0, 0.05) is 30.4 Å². The molecule has 1 aromatic carbocycles. The molecule has 158 valence electrons. The first kappa shape index (κ1) is 21.9. The zero-order chi connectivity index (χ0) is 22.0. The van der Waals surface area contributed by atoms with E-state index in [1.165, 1.54) is 30.0 Å². The number of non-ortho nitro benzene ring substituents is 1. The summed E-state index contributed by atoms with van der Waals surface area (Å²) in [6, 6.07) is 6.77. The van der Waals surface area contributed by atoms with E-state index in [1.54, 1.807) is 19.1 Å². The number of carbonyl (C=O) groups is 1. The minimum atomic E-state index is -0.700. The number of halogens is 1. The van der Waals surface area contributed by atoms with Gasteiger partial charge < -0.3 is 14.1 Å². The highest BCUT2D eigenvalue weighted by atomic mass is 35.5. The van der Waals surface area contributed by atoms with Gasteiger partial charge in [-0.3, -0.25) is 10.1 Å². The molecule has 10 heteroatoms. The fourth-order valence-electron chi connectivity index (χ4n) is 3.11. The topological polar surface area (TPSA) is 98.2 Å². The van der Waals surface area contributed by atoms with Crippen LogP contribution in [0.5, 0.6) is 0 Å². The number of nitro groups is 1. The molecule has 8 nitrogen and oxygen atoms in total. The van der Waals surface area contributed by atoms with Gasteiger partial charge in [-0.25, -0.2) is 9.79 Å². The quantitative estimate of drug-likeness (QED) is 0.357. The molecule has 0 radical (unpaired) electrons. The Morgan fingerprint density at radius 3 is 2.77 bits per heavy atom. The minimum Gasteiger partial charge on any atom is -0.463 e. The molecule has 1 atom stereocenters. The zero-order valence-electron chi connectivity index (χ0n) is 16.8. The molecule has 0 bridgehead atoms. The largest absolute Gasteiger partial charge is 0.463 e. The van der Waals surface area contributed by atoms with Gasteiger partial charge in [-0.1, -0.05) is 23.4 Å². The average Bonchev–Trinajstić information content (AvgIpc) is 3.19. The maximum absolute atomic E-state index is 12.7. The molecule has 1 aliphatic heterocycles. The number of aliphatic imine (C=N–C) groups is 1. The number of hydrogen-bond acceptors (Lipinski definition) is 8. The van der Waals surface area contributed by atoms with Gasteiger partial charge in [0.05, 0.1) is 22.1 Å². The maximum Gasteiger partial charge on any atom is 0.338 e. The van der Waals surface area contributed by atoms with Crippen LogP contribution in [0.3, 0.4) is 0 Å². The number of esters is 1. The van der Waals surface area contributed by atoms with E-state index < -0.39 is 16.9 Å². The Labute approximate surface area is 182 Å². The average molecular weight is 450 g/mol. The van der Waals surface area contributed by atoms with Crippen LogP contribution in [0.1, 0.15) is 25.6 Å². The third kappa shape index (κ3) is 4.08. The van der Waals surface area contributed by atoms with Gasteiger partial charge in [0.2, 0.25) is 0 Å². The summed E-state index contributed by atoms with van der Waals surface area (Å²) in [7, 11) is 1.83. The van der Waals surface area contributed by atoms with Crippen LogP contribution in [0, 0.1) is 10.1 Å². The van der Waals surface area contributed by atoms with Crippen molar-refractivity contribution >= 4 is 40.2 Å². The summed E-state index contributed by atoms with van der Waals surface area (Å²) in [5.41, 5.74) is 1.38. The van der Waals surface area contributed by atoms with E-state index in [0.717, 1.165) is 5.17 Å². The predicted octanol–water partition coefficient (Wildman–Crippen LogP) is 5.05. The van der Waals surface area contributed by atoms with Crippen molar-refractivity contribution in [1.82, 2.24) is 4.90 Å². The number of nitro benzene ring substituents is 1. The molecule has 2 aromatic rings. The number of amidine groups is 1. The summed E-state index contributed by atoms with van der Waals surface area (Å²) in [6.07, 6.45) is 1.89. The van der Waals surface area contributed by atoms with Crippen molar-refractivity contribution in [2.45, 2.75) is 19.9 Å². The first-order valence-electron chi connectivity index (χ1n) is 9.05. The number of nitrogens with zero attached hydrogens (tertiary/aromatic N) is 3. The third-order valence-corrected chi connectivity index (χ3v) is 5.77. The number of thioether (sulfide) groups is 1. The van der Waals surface area contributed by atoms with Crippen LogP contribution < -0.4 is 0 Å². The van der Waals surface area contributed by atoms with Crippen LogP contribution >= 0.6 is 23.4 Å². The van der Waals surface area contributed by atoms with Crippen molar-refractivity contribution in [2.75, 3.05) is 19.9 Å². The van der Waals surface area contributed by atoms with E-state index >= 15 is 0 Å². The second-order valence-electron chi connectivity index (χ2n) is 6.42. The molecule has 2 heterocycles. The van der Waals surface area contributed by atoms with E-state index in [9.17, 15) is 14.9 Å². The molecule has 0 N–H and O–H groups in total. The van der Waals surface area contributed by atoms with Crippen molar-refractivity contribution in [1.29, 1.82) is 0 Å². The van der Waals surface area contributed by atoms with Gasteiger partial charge in [-0.05, 0) is 38.3 Å². The number of hydrogen-bond donors (Lipinski definition) is 0. The number of allylic oxidation sites excluding steroid dienone is 1. The number of benzene rings is 1. The Hall–Kier alpha value is -2.78. The number of ether oxygens (including phenoxy) is 1. The van der Waals surface area contributed by atoms with Gasteiger partial charge in [-0.2, -0.15) is 0 Å². The molecule has 30 heavy (non-hydrogen) atoms. The number of carbonyl (C=O) groups excluding carboxylic acids is 1. The van der Waals surface area contributed by atoms with Crippen LogP contribution in [0.25, 0.3) is 11.3 Å². The fraction of sp³-hybridized carbons (Fsp3) is 0.300. The molecular formula is C20H20ClN3O5S. The van der Waals surface area contributed by atoms with Gasteiger partial charge in [0.1, 0.15) is 17.6 Å². The molecule has 0 fully saturated rings. The van der Waals surface area contributed by atoms with Crippen LogP contribution in [0.4, 0.5) is 5.69 Å². The van der Waals surface area contributed by atoms with Crippen LogP contribution in [-0.2, 0) is 9.53 Å². The van der Waals surface area contributed by atoms with E-state index in [0.29, 0.717) is 33.4 Å². The summed E-state index contributed by atoms with van der Waals surface area (Å²) >= 11 is 7.68. The number of furan rings is 1. The highest BCUT2D eigenvalue weighted by Gasteiger charge is 2.34. The molecule has 1 aromatic heterocycles. The van der Waals surface area contributed by atoms with Crippen molar-refractivity contribution in [3.05, 3.63) is 62.5 Å². The first-order chi connectivity index (χ1) is 14.3. The summed E-state index contributed by atoms with van der Waals surface area (Å²) in [6.45, 7) is 3.80. The lowest BCUT2D eigenvalue weighted by Crippen LogP contribution is -2.32. The lowest BCUT2D eigenvalue weighted by molar-refractivity contribution is -0.384. The van der Waals surface area contributed by atoms with E-state index in [1.807, 2.05) is 25.1 Å². The number of rotatable bonds is 5. The summed E-state index contributed by atoms with van der Waals surface area (Å²) in [5.74, 6) is 0.288. The smallest absolute Gasteiger partial charge is 0.338 e. The summed E-state index contributed by atoms with van der Waals surface area (Å²) in [4.78, 5) is 29.8. The molecule has 1 unspecified atom stereocenters. The standard InChI is InChI=1S/C20H20ClN3O5S/c1-5-28-19(25)17-11(2)23(3)20(30-4)22-18(17)16-9-8-15(29-16)13-10-12(24(26)27)6-7-14(13)21/h6-10,18H,5H2,1-4H3. The van der Waals surface area contributed by atoms with Crippen LogP contribution in [0.15, 0.2) is 51.0 Å². The van der Waals surface area contributed by atoms with Gasteiger partial charge >= 0.3 is 5.97 Å². The Bertz CT molecular complexity index is 1060. The Morgan fingerprint density at radius 1 is 1.40 bits per heavy atom. The van der Waals surface area contributed by atoms with Crippen molar-refractivity contribution in [3.63, 3.8) is 0 Å². The third-order valence-electron chi connectivity index (χ3n) is 4.69. The monoisotopic (exact) mass is 449 g/mol. The second kappa shape index (κ2) is 8.93. The predicted molar refractivity (Wildman–Crippen MR) is 117 cm³/mol. The minimum absolute atomic E-state index is 0.0997. The van der Waals surface area contributed by atoms with Gasteiger partial charge in [-0.15, -0.1) is 0 Å². The first-order valence-corrected chi connectivity index (χ1v) is 10.7. The Morgan fingerprint density at radius 2 is 2.13 bits per heavy atom. The second-order valence-corrected chi connectivity index (χ2v) is 7.60. The highest BCUT2D eigenvalue weighted by molar-refractivity contribution is 8.13. The summed E-state index contributed by atoms with van der Waals surface area (Å²) in [5, 5.41) is 12.1. The molecule has 0 aliphatic carbocycles. The van der Waals surface area contributed by atoms with E-state index in [2.05, 4.69) is 4.99 Å². The molecule has 3 rings (SSSR count). The zero-order valence-corrected chi connectivity index (χ0v) is 18.4. The van der Waals surface area contributed by atoms with E-state index in [-0.39, 0.29) is 12.3 Å². The lowest BCUT2D eigenvalue weighted by Gasteiger charge is -2.30. The molecule has 0 saturated heterocycles. The van der Waals surface area contributed by atoms with Crippen molar-refractivity contribution < 1.29 is 18.9 Å². The normalized spacial score (nSPS) is 16.5. The Balaban J connectivity index is 2.08. The molecule has 0 amide bonds. The molecule has 1 aliphatic rings. The molecular weight excluding hydrogens is 430 g/mol. The van der Waals surface area contributed by atoms with E-state index in [4.69, 9.17) is 20.8 Å². The van der Waals surface area contributed by atoms with Gasteiger partial charge in [0.25, 0.3) is 5.69 Å². The van der Waals surface area contributed by atoms with Crippen molar-refractivity contribution in [2.24, 2.45) is 4.99 Å². The highest BCUT2D eigenvalue weighted by Crippen LogP contribution is 2.39. The summed E-state index contributed by atoms with van der Waals surface area (Å²) < 4.78 is 11.2. The molecule has 0 saturated carbocycles. The molecule has 0 spiro atoms. The maximum atomic E-state index is 12.7. The fourth-order valence-corrected chi connectivity index (χ4v) is 3.94. The lowest BCUT2D eigenvalue weighted by atomic mass is 10.0. The SMILES string of the molecule is CCOC(=O)C1=C(C)N(C)C(SC)=NC1c1ccc(-c2cc([N+](=O)[O-])ccc2Cl)o1. The Kier molecular flexibility index (Phi) is 6.52.